The van der Waals surface area contributed by atoms with E-state index >= 15 is 0 Å². The summed E-state index contributed by atoms with van der Waals surface area (Å²) in [7, 11) is 0. The van der Waals surface area contributed by atoms with Crippen molar-refractivity contribution < 1.29 is 14.6 Å². The Morgan fingerprint density at radius 2 is 1.86 bits per heavy atom. The first-order valence-electron chi connectivity index (χ1n) is 11.4. The number of nitrogens with zero attached hydrogens (tertiary/aromatic N) is 4. The zero-order valence-electron chi connectivity index (χ0n) is 19.0. The van der Waals surface area contributed by atoms with Crippen molar-refractivity contribution in [2.24, 2.45) is 0 Å². The Morgan fingerprint density at radius 1 is 1.06 bits per heavy atom. The summed E-state index contributed by atoms with van der Waals surface area (Å²) < 4.78 is 5.66. The van der Waals surface area contributed by atoms with E-state index in [1.165, 1.54) is 0 Å². The Morgan fingerprint density at radius 3 is 2.54 bits per heavy atom. The molecule has 0 spiro atoms. The van der Waals surface area contributed by atoms with Crippen molar-refractivity contribution in [3.63, 3.8) is 0 Å². The summed E-state index contributed by atoms with van der Waals surface area (Å²) in [6.07, 6.45) is 6.66. The van der Waals surface area contributed by atoms with Crippen LogP contribution in [0.5, 0.6) is 5.75 Å². The number of amides is 1. The number of pyridine rings is 3. The predicted molar refractivity (Wildman–Crippen MR) is 138 cm³/mol. The van der Waals surface area contributed by atoms with Crippen LogP contribution < -0.4 is 15.0 Å². The SMILES string of the molecule is O=C1CNC(S)N1c1cc(-c2ccc(-c3ccc(OCCCCO)cn3)cc2)nc2ccncc12. The third kappa shape index (κ3) is 4.97. The number of aliphatic hydroxyl groups is 1. The summed E-state index contributed by atoms with van der Waals surface area (Å²) in [6.45, 7) is 0.967. The number of carbonyl (C=O) groups excluding carboxylic acids is 1. The Kier molecular flexibility index (Phi) is 6.89. The van der Waals surface area contributed by atoms with E-state index in [4.69, 9.17) is 14.8 Å². The number of unbranched alkanes of at least 4 members (excludes halogenated alkanes) is 1. The van der Waals surface area contributed by atoms with E-state index in [0.29, 0.717) is 12.4 Å². The largest absolute Gasteiger partial charge is 0.492 e. The molecular weight excluding hydrogens is 462 g/mol. The Hall–Kier alpha value is -3.53. The van der Waals surface area contributed by atoms with E-state index in [0.717, 1.165) is 51.9 Å². The van der Waals surface area contributed by atoms with Crippen LogP contribution in [0.3, 0.4) is 0 Å². The van der Waals surface area contributed by atoms with Crippen LogP contribution in [0.25, 0.3) is 33.4 Å². The molecule has 0 radical (unpaired) electrons. The molecule has 1 amide bonds. The van der Waals surface area contributed by atoms with Crippen LogP contribution >= 0.6 is 12.6 Å². The minimum absolute atomic E-state index is 0.0467. The molecule has 35 heavy (non-hydrogen) atoms. The summed E-state index contributed by atoms with van der Waals surface area (Å²) in [5.74, 6) is 0.661. The van der Waals surface area contributed by atoms with Crippen molar-refractivity contribution in [1.29, 1.82) is 0 Å². The van der Waals surface area contributed by atoms with Gasteiger partial charge in [0.25, 0.3) is 0 Å². The molecule has 1 atom stereocenters. The van der Waals surface area contributed by atoms with Crippen LogP contribution in [0.1, 0.15) is 12.8 Å². The van der Waals surface area contributed by atoms with Gasteiger partial charge in [-0.25, -0.2) is 4.98 Å². The van der Waals surface area contributed by atoms with Crippen molar-refractivity contribution >= 4 is 35.1 Å². The number of fused-ring (bicyclic) bond motifs is 1. The number of benzene rings is 1. The highest BCUT2D eigenvalue weighted by Crippen LogP contribution is 2.33. The van der Waals surface area contributed by atoms with E-state index in [1.807, 2.05) is 48.5 Å². The van der Waals surface area contributed by atoms with Gasteiger partial charge in [0.1, 0.15) is 11.2 Å². The first kappa shape index (κ1) is 23.2. The quantitative estimate of drug-likeness (QED) is 0.258. The molecule has 4 aromatic rings. The van der Waals surface area contributed by atoms with Crippen molar-refractivity contribution in [2.45, 2.75) is 18.3 Å². The zero-order valence-corrected chi connectivity index (χ0v) is 19.9. The van der Waals surface area contributed by atoms with Gasteiger partial charge in [-0.2, -0.15) is 0 Å². The van der Waals surface area contributed by atoms with Gasteiger partial charge in [0, 0.05) is 35.5 Å². The van der Waals surface area contributed by atoms with E-state index < -0.39 is 5.50 Å². The summed E-state index contributed by atoms with van der Waals surface area (Å²) in [5.41, 5.74) is 4.57. The maximum Gasteiger partial charge on any atom is 0.243 e. The first-order chi connectivity index (χ1) is 17.1. The van der Waals surface area contributed by atoms with Crippen LogP contribution in [-0.4, -0.2) is 51.2 Å². The molecule has 3 aromatic heterocycles. The lowest BCUT2D eigenvalue weighted by Crippen LogP contribution is -2.33. The minimum Gasteiger partial charge on any atom is -0.492 e. The number of carbonyl (C=O) groups is 1. The minimum atomic E-state index is -0.406. The third-order valence-electron chi connectivity index (χ3n) is 5.83. The molecule has 9 heteroatoms. The molecule has 8 nitrogen and oxygen atoms in total. The molecule has 1 aliphatic rings. The fourth-order valence-electron chi connectivity index (χ4n) is 4.01. The lowest BCUT2D eigenvalue weighted by Gasteiger charge is -2.22. The molecule has 1 aromatic carbocycles. The van der Waals surface area contributed by atoms with E-state index in [9.17, 15) is 4.79 Å². The molecule has 4 heterocycles. The van der Waals surface area contributed by atoms with Gasteiger partial charge < -0.3 is 9.84 Å². The predicted octanol–water partition coefficient (Wildman–Crippen LogP) is 3.66. The number of hydrogen-bond donors (Lipinski definition) is 3. The van der Waals surface area contributed by atoms with Gasteiger partial charge in [0.2, 0.25) is 5.91 Å². The number of ether oxygens (including phenoxy) is 1. The highest BCUT2D eigenvalue weighted by molar-refractivity contribution is 7.81. The van der Waals surface area contributed by atoms with Crippen molar-refractivity contribution in [1.82, 2.24) is 20.3 Å². The van der Waals surface area contributed by atoms with Gasteiger partial charge in [-0.15, -0.1) is 12.6 Å². The van der Waals surface area contributed by atoms with Gasteiger partial charge in [-0.3, -0.25) is 25.0 Å². The molecule has 1 aliphatic heterocycles. The number of hydrogen-bond acceptors (Lipinski definition) is 8. The molecule has 0 bridgehead atoms. The molecule has 2 N–H and O–H groups in total. The van der Waals surface area contributed by atoms with Gasteiger partial charge in [0.15, 0.2) is 0 Å². The normalized spacial score (nSPS) is 15.7. The number of aliphatic hydroxyl groups excluding tert-OH is 1. The van der Waals surface area contributed by atoms with Crippen molar-refractivity contribution in [3.8, 4) is 28.3 Å². The van der Waals surface area contributed by atoms with Gasteiger partial charge in [-0.1, -0.05) is 24.3 Å². The fraction of sp³-hybridized carbons (Fsp3) is 0.231. The third-order valence-corrected chi connectivity index (χ3v) is 6.24. The molecule has 0 saturated carbocycles. The number of thiol groups is 1. The second-order valence-electron chi connectivity index (χ2n) is 8.17. The molecule has 5 rings (SSSR count). The lowest BCUT2D eigenvalue weighted by molar-refractivity contribution is -0.116. The van der Waals surface area contributed by atoms with Gasteiger partial charge in [0.05, 0.1) is 41.9 Å². The standard InChI is InChI=1S/C26H25N5O3S/c32-11-1-2-12-34-19-7-8-21(28-14-19)17-3-5-18(6-4-17)23-13-24(31-25(33)16-29-26(31)35)20-15-27-10-9-22(20)30-23/h3-10,13-15,26,29,32,35H,1-2,11-12,16H2. The van der Waals surface area contributed by atoms with E-state index in [2.05, 4.69) is 27.9 Å². The summed E-state index contributed by atoms with van der Waals surface area (Å²) in [6, 6.07) is 15.6. The average Bonchev–Trinajstić information content (AvgIpc) is 3.24. The first-order valence-corrected chi connectivity index (χ1v) is 11.9. The molecule has 1 fully saturated rings. The van der Waals surface area contributed by atoms with Crippen LogP contribution in [-0.2, 0) is 4.79 Å². The topological polar surface area (TPSA) is 100 Å². The van der Waals surface area contributed by atoms with Gasteiger partial charge >= 0.3 is 0 Å². The van der Waals surface area contributed by atoms with Crippen LogP contribution in [0, 0.1) is 0 Å². The fourth-order valence-corrected chi connectivity index (χ4v) is 4.35. The number of rotatable bonds is 8. The molecule has 1 saturated heterocycles. The maximum absolute atomic E-state index is 12.5. The number of aromatic nitrogens is 3. The highest BCUT2D eigenvalue weighted by Gasteiger charge is 2.31. The summed E-state index contributed by atoms with van der Waals surface area (Å²) in [5, 5.41) is 12.7. The highest BCUT2D eigenvalue weighted by atomic mass is 32.1. The van der Waals surface area contributed by atoms with Crippen LogP contribution in [0.15, 0.2) is 67.1 Å². The van der Waals surface area contributed by atoms with Gasteiger partial charge in [-0.05, 0) is 37.1 Å². The average molecular weight is 488 g/mol. The molecule has 1 unspecified atom stereocenters. The van der Waals surface area contributed by atoms with Crippen LogP contribution in [0.4, 0.5) is 5.69 Å². The number of nitrogens with one attached hydrogen (secondary N) is 1. The van der Waals surface area contributed by atoms with Crippen molar-refractivity contribution in [3.05, 3.63) is 67.1 Å². The lowest BCUT2D eigenvalue weighted by atomic mass is 10.0. The zero-order chi connectivity index (χ0) is 24.2. The monoisotopic (exact) mass is 487 g/mol. The second-order valence-corrected chi connectivity index (χ2v) is 8.66. The molecular formula is C26H25N5O3S. The second kappa shape index (κ2) is 10.4. The summed E-state index contributed by atoms with van der Waals surface area (Å²) >= 11 is 4.52. The number of anilines is 1. The Bertz CT molecular complexity index is 1330. The van der Waals surface area contributed by atoms with E-state index in [-0.39, 0.29) is 19.1 Å². The van der Waals surface area contributed by atoms with E-state index in [1.54, 1.807) is 23.5 Å². The Labute approximate surface area is 208 Å². The van der Waals surface area contributed by atoms with Crippen LogP contribution in [0.2, 0.25) is 0 Å². The Balaban J connectivity index is 1.41. The smallest absolute Gasteiger partial charge is 0.243 e. The maximum atomic E-state index is 12.5. The molecule has 178 valence electrons. The summed E-state index contributed by atoms with van der Waals surface area (Å²) in [4.78, 5) is 27.7. The van der Waals surface area contributed by atoms with Crippen molar-refractivity contribution in [2.75, 3.05) is 24.7 Å². The molecule has 0 aliphatic carbocycles.